The van der Waals surface area contributed by atoms with Gasteiger partial charge in [0.05, 0.1) is 11.5 Å². The van der Waals surface area contributed by atoms with Crippen LogP contribution in [0.15, 0.2) is 39.5 Å². The van der Waals surface area contributed by atoms with Crippen LogP contribution in [0.5, 0.6) is 5.75 Å². The first-order valence-electron chi connectivity index (χ1n) is 8.69. The van der Waals surface area contributed by atoms with Gasteiger partial charge in [-0.1, -0.05) is 0 Å². The van der Waals surface area contributed by atoms with E-state index in [0.717, 1.165) is 5.39 Å². The van der Waals surface area contributed by atoms with Gasteiger partial charge in [-0.25, -0.2) is 13.2 Å². The molecule has 2 amide bonds. The second-order valence-corrected chi connectivity index (χ2v) is 8.81. The minimum atomic E-state index is -3.08. The van der Waals surface area contributed by atoms with E-state index in [2.05, 4.69) is 5.32 Å². The molecule has 0 bridgehead atoms. The fourth-order valence-electron chi connectivity index (χ4n) is 2.83. The first-order valence-corrected chi connectivity index (χ1v) is 10.5. The SMILES string of the molecule is CC(NC(=O)COc1ccc2ccc(=O)oc2c1)C(=O)N1CCS(=O)(=O)CC1. The van der Waals surface area contributed by atoms with Crippen LogP contribution in [-0.2, 0) is 19.4 Å². The summed E-state index contributed by atoms with van der Waals surface area (Å²) in [6, 6.07) is 6.97. The largest absolute Gasteiger partial charge is 0.484 e. The Morgan fingerprint density at radius 1 is 1.21 bits per heavy atom. The zero-order valence-corrected chi connectivity index (χ0v) is 16.0. The number of nitrogens with one attached hydrogen (secondary N) is 1. The molecule has 1 saturated heterocycles. The Morgan fingerprint density at radius 2 is 1.89 bits per heavy atom. The molecular weight excluding hydrogens is 388 g/mol. The quantitative estimate of drug-likeness (QED) is 0.687. The van der Waals surface area contributed by atoms with Crippen molar-refractivity contribution in [3.63, 3.8) is 0 Å². The number of hydrogen-bond acceptors (Lipinski definition) is 7. The van der Waals surface area contributed by atoms with E-state index in [1.807, 2.05) is 0 Å². The topological polar surface area (TPSA) is 123 Å². The zero-order chi connectivity index (χ0) is 20.3. The van der Waals surface area contributed by atoms with E-state index >= 15 is 0 Å². The van der Waals surface area contributed by atoms with Crippen LogP contribution in [-0.4, -0.2) is 62.4 Å². The molecule has 0 radical (unpaired) electrons. The number of hydrogen-bond donors (Lipinski definition) is 1. The Bertz CT molecular complexity index is 1050. The summed E-state index contributed by atoms with van der Waals surface area (Å²) in [6.07, 6.45) is 0. The molecule has 28 heavy (non-hydrogen) atoms. The van der Waals surface area contributed by atoms with Crippen LogP contribution in [0, 0.1) is 0 Å². The molecule has 2 aromatic rings. The second-order valence-electron chi connectivity index (χ2n) is 6.51. The molecule has 3 rings (SSSR count). The highest BCUT2D eigenvalue weighted by molar-refractivity contribution is 7.91. The summed E-state index contributed by atoms with van der Waals surface area (Å²) in [5.74, 6) is -0.630. The lowest BCUT2D eigenvalue weighted by Crippen LogP contribution is -2.52. The maximum Gasteiger partial charge on any atom is 0.336 e. The van der Waals surface area contributed by atoms with Gasteiger partial charge >= 0.3 is 5.63 Å². The van der Waals surface area contributed by atoms with Crippen LogP contribution in [0.4, 0.5) is 0 Å². The molecule has 0 spiro atoms. The lowest BCUT2D eigenvalue weighted by atomic mass is 10.2. The number of amides is 2. The highest BCUT2D eigenvalue weighted by atomic mass is 32.2. The number of fused-ring (bicyclic) bond motifs is 1. The Morgan fingerprint density at radius 3 is 2.61 bits per heavy atom. The number of nitrogens with zero attached hydrogens (tertiary/aromatic N) is 1. The van der Waals surface area contributed by atoms with E-state index in [1.54, 1.807) is 18.2 Å². The predicted octanol–water partition coefficient (Wildman–Crippen LogP) is -0.0665. The van der Waals surface area contributed by atoms with Gasteiger partial charge in [0.1, 0.15) is 17.4 Å². The highest BCUT2D eigenvalue weighted by Crippen LogP contribution is 2.19. The molecule has 0 aliphatic carbocycles. The number of carbonyl (C=O) groups excluding carboxylic acids is 2. The van der Waals surface area contributed by atoms with Gasteiger partial charge in [-0.15, -0.1) is 0 Å². The van der Waals surface area contributed by atoms with Crippen molar-refractivity contribution in [2.75, 3.05) is 31.2 Å². The monoisotopic (exact) mass is 408 g/mol. The molecule has 0 saturated carbocycles. The normalized spacial score (nSPS) is 17.1. The molecular formula is C18H20N2O7S. The maximum absolute atomic E-state index is 12.3. The highest BCUT2D eigenvalue weighted by Gasteiger charge is 2.28. The summed E-state index contributed by atoms with van der Waals surface area (Å²) in [7, 11) is -3.08. The van der Waals surface area contributed by atoms with Gasteiger partial charge in [0.15, 0.2) is 16.4 Å². The van der Waals surface area contributed by atoms with E-state index in [1.165, 1.54) is 24.0 Å². The fourth-order valence-corrected chi connectivity index (χ4v) is 4.03. The average Bonchev–Trinajstić information content (AvgIpc) is 2.65. The molecule has 1 unspecified atom stereocenters. The Labute approximate surface area is 161 Å². The van der Waals surface area contributed by atoms with E-state index in [4.69, 9.17) is 9.15 Å². The van der Waals surface area contributed by atoms with Gasteiger partial charge < -0.3 is 19.4 Å². The molecule has 1 aromatic heterocycles. The lowest BCUT2D eigenvalue weighted by Gasteiger charge is -2.29. The van der Waals surface area contributed by atoms with Gasteiger partial charge in [-0.2, -0.15) is 0 Å². The molecule has 10 heteroatoms. The summed E-state index contributed by atoms with van der Waals surface area (Å²) in [5.41, 5.74) is -0.144. The van der Waals surface area contributed by atoms with Gasteiger partial charge in [0.2, 0.25) is 5.91 Å². The van der Waals surface area contributed by atoms with Crippen LogP contribution in [0.1, 0.15) is 6.92 Å². The summed E-state index contributed by atoms with van der Waals surface area (Å²) in [6.45, 7) is 1.46. The average molecular weight is 408 g/mol. The fraction of sp³-hybridized carbons (Fsp3) is 0.389. The standard InChI is InChI=1S/C18H20N2O7S/c1-12(18(23)20-6-8-28(24,25)9-7-20)19-16(21)11-26-14-4-2-13-3-5-17(22)27-15(13)10-14/h2-5,10,12H,6-9,11H2,1H3,(H,19,21). The van der Waals surface area contributed by atoms with Crippen molar-refractivity contribution in [1.82, 2.24) is 10.2 Å². The third-order valence-corrected chi connectivity index (χ3v) is 5.98. The zero-order valence-electron chi connectivity index (χ0n) is 15.2. The summed E-state index contributed by atoms with van der Waals surface area (Å²) in [5, 5.41) is 3.26. The maximum atomic E-state index is 12.3. The van der Waals surface area contributed by atoms with Crippen molar-refractivity contribution < 1.29 is 27.2 Å². The van der Waals surface area contributed by atoms with Gasteiger partial charge in [-0.05, 0) is 25.1 Å². The van der Waals surface area contributed by atoms with Crippen molar-refractivity contribution in [3.05, 3.63) is 40.8 Å². The molecule has 1 aliphatic heterocycles. The Balaban J connectivity index is 1.52. The molecule has 1 N–H and O–H groups in total. The third-order valence-electron chi connectivity index (χ3n) is 4.37. The first kappa shape index (κ1) is 19.9. The number of sulfone groups is 1. The van der Waals surface area contributed by atoms with E-state index in [-0.39, 0.29) is 37.1 Å². The summed E-state index contributed by atoms with van der Waals surface area (Å²) in [4.78, 5) is 37.1. The van der Waals surface area contributed by atoms with Crippen LogP contribution in [0.3, 0.4) is 0 Å². The molecule has 150 valence electrons. The molecule has 2 heterocycles. The van der Waals surface area contributed by atoms with Crippen LogP contribution >= 0.6 is 0 Å². The van der Waals surface area contributed by atoms with Crippen LogP contribution in [0.2, 0.25) is 0 Å². The predicted molar refractivity (Wildman–Crippen MR) is 101 cm³/mol. The minimum absolute atomic E-state index is 0.0688. The van der Waals surface area contributed by atoms with E-state index in [0.29, 0.717) is 11.3 Å². The van der Waals surface area contributed by atoms with Gasteiger partial charge in [0, 0.05) is 30.6 Å². The van der Waals surface area contributed by atoms with Crippen molar-refractivity contribution in [1.29, 1.82) is 0 Å². The van der Waals surface area contributed by atoms with E-state index < -0.39 is 27.4 Å². The molecule has 1 atom stereocenters. The lowest BCUT2D eigenvalue weighted by molar-refractivity contribution is -0.136. The Hall–Kier alpha value is -2.88. The molecule has 1 aromatic carbocycles. The number of ether oxygens (including phenoxy) is 1. The van der Waals surface area contributed by atoms with Crippen molar-refractivity contribution >= 4 is 32.6 Å². The molecule has 1 aliphatic rings. The van der Waals surface area contributed by atoms with Crippen molar-refractivity contribution in [2.45, 2.75) is 13.0 Å². The van der Waals surface area contributed by atoms with Gasteiger partial charge in [0.25, 0.3) is 5.91 Å². The molecule has 9 nitrogen and oxygen atoms in total. The number of benzene rings is 1. The van der Waals surface area contributed by atoms with Crippen molar-refractivity contribution in [2.24, 2.45) is 0 Å². The van der Waals surface area contributed by atoms with Crippen LogP contribution in [0.25, 0.3) is 11.0 Å². The van der Waals surface area contributed by atoms with Crippen molar-refractivity contribution in [3.8, 4) is 5.75 Å². The summed E-state index contributed by atoms with van der Waals surface area (Å²) < 4.78 is 33.3. The van der Waals surface area contributed by atoms with Crippen LogP contribution < -0.4 is 15.7 Å². The molecule has 1 fully saturated rings. The number of carbonyl (C=O) groups is 2. The van der Waals surface area contributed by atoms with Gasteiger partial charge in [-0.3, -0.25) is 9.59 Å². The second kappa shape index (κ2) is 8.01. The third kappa shape index (κ3) is 4.89. The first-order chi connectivity index (χ1) is 13.2. The smallest absolute Gasteiger partial charge is 0.336 e. The number of rotatable bonds is 5. The van der Waals surface area contributed by atoms with E-state index in [9.17, 15) is 22.8 Å². The summed E-state index contributed by atoms with van der Waals surface area (Å²) >= 11 is 0. The Kier molecular flexibility index (Phi) is 5.68. The minimum Gasteiger partial charge on any atom is -0.484 e.